The Morgan fingerprint density at radius 1 is 1.33 bits per heavy atom. The normalized spacial score (nSPS) is 23.7. The fourth-order valence-corrected chi connectivity index (χ4v) is 2.72. The molecule has 0 aliphatic heterocycles. The third-order valence-corrected chi connectivity index (χ3v) is 3.91. The summed E-state index contributed by atoms with van der Waals surface area (Å²) in [6, 6.07) is 2.47. The maximum atomic E-state index is 13.2. The first-order valence-electron chi connectivity index (χ1n) is 7.05. The van der Waals surface area contributed by atoms with E-state index >= 15 is 0 Å². The van der Waals surface area contributed by atoms with Gasteiger partial charge in [-0.3, -0.25) is 0 Å². The van der Waals surface area contributed by atoms with Gasteiger partial charge in [-0.05, 0) is 49.8 Å². The van der Waals surface area contributed by atoms with Crippen LogP contribution in [0.1, 0.15) is 43.4 Å². The summed E-state index contributed by atoms with van der Waals surface area (Å²) in [5.74, 6) is -0.908. The minimum absolute atomic E-state index is 0.242. The van der Waals surface area contributed by atoms with Crippen LogP contribution in [0.15, 0.2) is 18.2 Å². The summed E-state index contributed by atoms with van der Waals surface area (Å²) in [5, 5.41) is 0. The van der Waals surface area contributed by atoms with Crippen LogP contribution in [0.25, 0.3) is 0 Å². The fraction of sp³-hybridized carbons (Fsp3) is 0.600. The summed E-state index contributed by atoms with van der Waals surface area (Å²) < 4.78 is 56.7. The molecule has 1 saturated carbocycles. The molecule has 21 heavy (non-hydrogen) atoms. The van der Waals surface area contributed by atoms with Crippen LogP contribution < -0.4 is 5.73 Å². The first-order valence-corrected chi connectivity index (χ1v) is 7.05. The molecule has 0 heterocycles. The molecule has 0 saturated heterocycles. The van der Waals surface area contributed by atoms with Crippen molar-refractivity contribution in [2.45, 2.75) is 44.5 Å². The van der Waals surface area contributed by atoms with E-state index in [4.69, 9.17) is 10.5 Å². The SMILES string of the molecule is CCOC1CC(CC(N)c2ccc(F)c(C(F)(F)F)c2)C1. The minimum Gasteiger partial charge on any atom is -0.378 e. The Labute approximate surface area is 121 Å². The molecular weight excluding hydrogens is 286 g/mol. The molecule has 1 unspecified atom stereocenters. The highest BCUT2D eigenvalue weighted by Gasteiger charge is 2.35. The Morgan fingerprint density at radius 3 is 2.57 bits per heavy atom. The second-order valence-corrected chi connectivity index (χ2v) is 5.49. The lowest BCUT2D eigenvalue weighted by Crippen LogP contribution is -2.33. The van der Waals surface area contributed by atoms with Gasteiger partial charge < -0.3 is 10.5 Å². The number of hydrogen-bond donors (Lipinski definition) is 1. The Bertz CT molecular complexity index is 483. The molecule has 1 fully saturated rings. The van der Waals surface area contributed by atoms with Crippen molar-refractivity contribution in [2.24, 2.45) is 11.7 Å². The lowest BCUT2D eigenvalue weighted by atomic mass is 9.77. The number of nitrogens with two attached hydrogens (primary N) is 1. The van der Waals surface area contributed by atoms with Crippen LogP contribution >= 0.6 is 0 Å². The zero-order chi connectivity index (χ0) is 15.6. The van der Waals surface area contributed by atoms with E-state index in [9.17, 15) is 17.6 Å². The Balaban J connectivity index is 1.99. The zero-order valence-electron chi connectivity index (χ0n) is 11.8. The van der Waals surface area contributed by atoms with Gasteiger partial charge in [-0.1, -0.05) is 6.07 Å². The van der Waals surface area contributed by atoms with Crippen LogP contribution in [-0.4, -0.2) is 12.7 Å². The van der Waals surface area contributed by atoms with Crippen molar-refractivity contribution in [1.82, 2.24) is 0 Å². The lowest BCUT2D eigenvalue weighted by Gasteiger charge is -2.36. The third kappa shape index (κ3) is 3.95. The number of ether oxygens (including phenoxy) is 1. The number of alkyl halides is 3. The molecule has 0 spiro atoms. The van der Waals surface area contributed by atoms with Gasteiger partial charge >= 0.3 is 6.18 Å². The Hall–Kier alpha value is -1.14. The highest BCUT2D eigenvalue weighted by molar-refractivity contribution is 5.29. The Kier molecular flexibility index (Phi) is 4.88. The van der Waals surface area contributed by atoms with E-state index < -0.39 is 23.6 Å². The molecule has 2 N–H and O–H groups in total. The van der Waals surface area contributed by atoms with E-state index in [0.717, 1.165) is 25.0 Å². The summed E-state index contributed by atoms with van der Waals surface area (Å²) in [6.45, 7) is 2.59. The predicted molar refractivity (Wildman–Crippen MR) is 71.1 cm³/mol. The quantitative estimate of drug-likeness (QED) is 0.833. The van der Waals surface area contributed by atoms with Gasteiger partial charge in [-0.2, -0.15) is 13.2 Å². The van der Waals surface area contributed by atoms with Crippen molar-refractivity contribution < 1.29 is 22.3 Å². The average molecular weight is 305 g/mol. The van der Waals surface area contributed by atoms with E-state index in [2.05, 4.69) is 0 Å². The van der Waals surface area contributed by atoms with Crippen LogP contribution in [0.2, 0.25) is 0 Å². The fourth-order valence-electron chi connectivity index (χ4n) is 2.72. The van der Waals surface area contributed by atoms with Crippen LogP contribution in [0, 0.1) is 11.7 Å². The van der Waals surface area contributed by atoms with Crippen LogP contribution in [0.3, 0.4) is 0 Å². The number of rotatable bonds is 5. The molecule has 1 aromatic carbocycles. The molecule has 0 aromatic heterocycles. The first-order chi connectivity index (χ1) is 9.81. The molecule has 2 nitrogen and oxygen atoms in total. The van der Waals surface area contributed by atoms with Crippen molar-refractivity contribution in [3.8, 4) is 0 Å². The molecule has 0 amide bonds. The molecule has 2 rings (SSSR count). The van der Waals surface area contributed by atoms with Crippen LogP contribution in [0.4, 0.5) is 17.6 Å². The molecule has 6 heteroatoms. The monoisotopic (exact) mass is 305 g/mol. The Morgan fingerprint density at radius 2 is 2.00 bits per heavy atom. The molecule has 1 aliphatic rings. The molecule has 1 atom stereocenters. The van der Waals surface area contributed by atoms with Crippen molar-refractivity contribution in [3.05, 3.63) is 35.1 Å². The predicted octanol–water partition coefficient (Wildman–Crippen LogP) is 4.05. The molecule has 118 valence electrons. The maximum absolute atomic E-state index is 13.2. The second-order valence-electron chi connectivity index (χ2n) is 5.49. The standard InChI is InChI=1S/C15H19F4NO/c1-2-21-11-5-9(6-11)7-14(20)10-3-4-13(16)12(8-10)15(17,18)19/h3-4,8-9,11,14H,2,5-7,20H2,1H3. The van der Waals surface area contributed by atoms with Gasteiger partial charge in [0.15, 0.2) is 0 Å². The average Bonchev–Trinajstić information content (AvgIpc) is 2.35. The van der Waals surface area contributed by atoms with Crippen LogP contribution in [-0.2, 0) is 10.9 Å². The van der Waals surface area contributed by atoms with E-state index in [0.29, 0.717) is 24.5 Å². The lowest BCUT2D eigenvalue weighted by molar-refractivity contribution is -0.140. The van der Waals surface area contributed by atoms with Crippen molar-refractivity contribution in [1.29, 1.82) is 0 Å². The highest BCUT2D eigenvalue weighted by Crippen LogP contribution is 2.38. The first kappa shape index (κ1) is 16.2. The van der Waals surface area contributed by atoms with Gasteiger partial charge in [0.25, 0.3) is 0 Å². The van der Waals surface area contributed by atoms with E-state index in [1.165, 1.54) is 6.07 Å². The number of hydrogen-bond acceptors (Lipinski definition) is 2. The summed E-state index contributed by atoms with van der Waals surface area (Å²) in [7, 11) is 0. The minimum atomic E-state index is -4.70. The third-order valence-electron chi connectivity index (χ3n) is 3.91. The summed E-state index contributed by atoms with van der Waals surface area (Å²) in [4.78, 5) is 0. The second kappa shape index (κ2) is 6.32. The smallest absolute Gasteiger partial charge is 0.378 e. The van der Waals surface area contributed by atoms with E-state index in [1.54, 1.807) is 0 Å². The molecule has 0 bridgehead atoms. The molecule has 1 aromatic rings. The van der Waals surface area contributed by atoms with E-state index in [-0.39, 0.29) is 6.10 Å². The van der Waals surface area contributed by atoms with Gasteiger partial charge in [-0.25, -0.2) is 4.39 Å². The van der Waals surface area contributed by atoms with Gasteiger partial charge in [0.1, 0.15) is 5.82 Å². The number of benzene rings is 1. The summed E-state index contributed by atoms with van der Waals surface area (Å²) in [5.41, 5.74) is 5.03. The van der Waals surface area contributed by atoms with Gasteiger partial charge in [0, 0.05) is 12.6 Å². The molecule has 1 aliphatic carbocycles. The summed E-state index contributed by atoms with van der Waals surface area (Å²) in [6.07, 6.45) is -2.10. The molecule has 0 radical (unpaired) electrons. The number of halogens is 4. The van der Waals surface area contributed by atoms with Crippen molar-refractivity contribution >= 4 is 0 Å². The summed E-state index contributed by atoms with van der Waals surface area (Å²) >= 11 is 0. The molecular formula is C15H19F4NO. The van der Waals surface area contributed by atoms with E-state index in [1.807, 2.05) is 6.92 Å². The van der Waals surface area contributed by atoms with Crippen molar-refractivity contribution in [3.63, 3.8) is 0 Å². The maximum Gasteiger partial charge on any atom is 0.419 e. The van der Waals surface area contributed by atoms with Crippen molar-refractivity contribution in [2.75, 3.05) is 6.61 Å². The van der Waals surface area contributed by atoms with Gasteiger partial charge in [-0.15, -0.1) is 0 Å². The highest BCUT2D eigenvalue weighted by atomic mass is 19.4. The van der Waals surface area contributed by atoms with Gasteiger partial charge in [0.2, 0.25) is 0 Å². The van der Waals surface area contributed by atoms with Gasteiger partial charge in [0.05, 0.1) is 11.7 Å². The zero-order valence-corrected chi connectivity index (χ0v) is 11.8. The van der Waals surface area contributed by atoms with Crippen LogP contribution in [0.5, 0.6) is 0 Å². The topological polar surface area (TPSA) is 35.2 Å². The largest absolute Gasteiger partial charge is 0.419 e.